The Morgan fingerprint density at radius 2 is 1.57 bits per heavy atom. The molecule has 3 saturated heterocycles. The summed E-state index contributed by atoms with van der Waals surface area (Å²) in [5, 5.41) is 1.19. The smallest absolute Gasteiger partial charge is 0.151 e. The SMILES string of the molecule is C[N+]1(C)C2CCC1CN(c1nccnc1C1CN(c3ccc4ccccc4n3)C1)C2. The second-order valence-electron chi connectivity index (χ2n) is 9.65. The molecule has 6 heteroatoms. The van der Waals surface area contributed by atoms with Crippen LogP contribution in [0.3, 0.4) is 0 Å². The number of hydrogen-bond donors (Lipinski definition) is 0. The van der Waals surface area contributed by atoms with Crippen LogP contribution in [-0.4, -0.2) is 71.8 Å². The average Bonchev–Trinajstić information content (AvgIpc) is 2.90. The summed E-state index contributed by atoms with van der Waals surface area (Å²) in [6.07, 6.45) is 6.37. The quantitative estimate of drug-likeness (QED) is 0.631. The predicted molar refractivity (Wildman–Crippen MR) is 120 cm³/mol. The van der Waals surface area contributed by atoms with Gasteiger partial charge in [-0.3, -0.25) is 4.98 Å². The Balaban J connectivity index is 1.21. The van der Waals surface area contributed by atoms with Crippen molar-refractivity contribution in [3.8, 4) is 0 Å². The van der Waals surface area contributed by atoms with E-state index in [9.17, 15) is 0 Å². The molecule has 2 bridgehead atoms. The van der Waals surface area contributed by atoms with Crippen LogP contribution in [0.15, 0.2) is 48.8 Å². The molecular weight excluding hydrogens is 372 g/mol. The molecule has 2 unspecified atom stereocenters. The van der Waals surface area contributed by atoms with Crippen molar-refractivity contribution in [2.75, 3.05) is 50.1 Å². The summed E-state index contributed by atoms with van der Waals surface area (Å²) >= 11 is 0. The fourth-order valence-corrected chi connectivity index (χ4v) is 5.65. The van der Waals surface area contributed by atoms with Gasteiger partial charge in [0.05, 0.1) is 38.4 Å². The molecule has 0 radical (unpaired) electrons. The molecule has 3 aromatic rings. The van der Waals surface area contributed by atoms with Crippen molar-refractivity contribution < 1.29 is 4.48 Å². The number of nitrogens with zero attached hydrogens (tertiary/aromatic N) is 6. The topological polar surface area (TPSA) is 45.2 Å². The van der Waals surface area contributed by atoms with Crippen molar-refractivity contribution in [1.82, 2.24) is 15.0 Å². The second kappa shape index (κ2) is 6.64. The maximum atomic E-state index is 4.86. The third-order valence-corrected chi connectivity index (χ3v) is 7.76. The number of pyridine rings is 1. The van der Waals surface area contributed by atoms with Gasteiger partial charge in [0.2, 0.25) is 0 Å². The molecule has 3 aliphatic heterocycles. The van der Waals surface area contributed by atoms with Crippen LogP contribution in [0.5, 0.6) is 0 Å². The van der Waals surface area contributed by atoms with E-state index < -0.39 is 0 Å². The molecule has 154 valence electrons. The van der Waals surface area contributed by atoms with Crippen LogP contribution in [0, 0.1) is 0 Å². The number of piperazine rings is 1. The summed E-state index contributed by atoms with van der Waals surface area (Å²) in [6.45, 7) is 4.11. The Morgan fingerprint density at radius 3 is 2.37 bits per heavy atom. The minimum atomic E-state index is 0.420. The van der Waals surface area contributed by atoms with Crippen molar-refractivity contribution in [2.24, 2.45) is 0 Å². The van der Waals surface area contributed by atoms with Gasteiger partial charge in [-0.2, -0.15) is 0 Å². The summed E-state index contributed by atoms with van der Waals surface area (Å²) in [6, 6.07) is 14.0. The first-order chi connectivity index (χ1) is 14.6. The lowest BCUT2D eigenvalue weighted by molar-refractivity contribution is -0.925. The molecule has 0 aliphatic carbocycles. The number of aromatic nitrogens is 3. The highest BCUT2D eigenvalue weighted by Crippen LogP contribution is 2.39. The third kappa shape index (κ3) is 2.77. The molecule has 6 nitrogen and oxygen atoms in total. The summed E-state index contributed by atoms with van der Waals surface area (Å²) in [4.78, 5) is 19.3. The van der Waals surface area contributed by atoms with Crippen molar-refractivity contribution in [1.29, 1.82) is 0 Å². The zero-order valence-corrected chi connectivity index (χ0v) is 17.8. The Bertz CT molecular complexity index is 1070. The standard InChI is InChI=1S/C24H29N6/c1-30(2)19-8-9-20(30)16-29(15-19)24-23(25-11-12-26-24)18-13-28(14-18)22-10-7-17-5-3-4-6-21(17)27-22/h3-7,10-12,18-20H,8-9,13-16H2,1-2H3/q+1. The van der Waals surface area contributed by atoms with E-state index in [0.29, 0.717) is 18.0 Å². The molecule has 30 heavy (non-hydrogen) atoms. The molecule has 2 aromatic heterocycles. The lowest BCUT2D eigenvalue weighted by atomic mass is 9.95. The van der Waals surface area contributed by atoms with E-state index in [1.54, 1.807) is 0 Å². The molecule has 0 saturated carbocycles. The lowest BCUT2D eigenvalue weighted by Gasteiger charge is -2.47. The number of benzene rings is 1. The van der Waals surface area contributed by atoms with E-state index >= 15 is 0 Å². The van der Waals surface area contributed by atoms with Gasteiger partial charge in [0.15, 0.2) is 5.82 Å². The van der Waals surface area contributed by atoms with E-state index in [0.717, 1.165) is 47.8 Å². The van der Waals surface area contributed by atoms with Gasteiger partial charge in [0, 0.05) is 49.6 Å². The minimum absolute atomic E-state index is 0.420. The number of hydrogen-bond acceptors (Lipinski definition) is 5. The summed E-state index contributed by atoms with van der Waals surface area (Å²) in [5.41, 5.74) is 2.23. The van der Waals surface area contributed by atoms with Crippen LogP contribution in [0.4, 0.5) is 11.6 Å². The van der Waals surface area contributed by atoms with E-state index in [-0.39, 0.29) is 0 Å². The van der Waals surface area contributed by atoms with Gasteiger partial charge in [0.1, 0.15) is 17.9 Å². The number of likely N-dealkylation sites (N-methyl/N-ethyl adjacent to an activating group) is 1. The molecule has 1 aromatic carbocycles. The van der Waals surface area contributed by atoms with Gasteiger partial charge in [0.25, 0.3) is 0 Å². The molecule has 5 heterocycles. The number of para-hydroxylation sites is 1. The maximum Gasteiger partial charge on any atom is 0.151 e. The lowest BCUT2D eigenvalue weighted by Crippen LogP contribution is -2.62. The highest BCUT2D eigenvalue weighted by atomic mass is 15.4. The Hall–Kier alpha value is -2.73. The van der Waals surface area contributed by atoms with E-state index in [2.05, 4.69) is 60.3 Å². The Morgan fingerprint density at radius 1 is 0.833 bits per heavy atom. The molecule has 3 aliphatic rings. The third-order valence-electron chi connectivity index (χ3n) is 7.76. The zero-order valence-electron chi connectivity index (χ0n) is 17.8. The maximum absolute atomic E-state index is 4.86. The van der Waals surface area contributed by atoms with Gasteiger partial charge in [-0.1, -0.05) is 18.2 Å². The second-order valence-corrected chi connectivity index (χ2v) is 9.65. The zero-order chi connectivity index (χ0) is 20.3. The van der Waals surface area contributed by atoms with Crippen LogP contribution >= 0.6 is 0 Å². The molecule has 6 rings (SSSR count). The number of rotatable bonds is 3. The predicted octanol–water partition coefficient (Wildman–Crippen LogP) is 3.06. The number of quaternary nitrogens is 1. The molecule has 0 N–H and O–H groups in total. The van der Waals surface area contributed by atoms with E-state index in [1.807, 2.05) is 12.4 Å². The molecule has 0 spiro atoms. The van der Waals surface area contributed by atoms with Gasteiger partial charge < -0.3 is 14.3 Å². The van der Waals surface area contributed by atoms with Crippen molar-refractivity contribution >= 4 is 22.5 Å². The molecule has 2 atom stereocenters. The van der Waals surface area contributed by atoms with Crippen LogP contribution in [0.25, 0.3) is 10.9 Å². The van der Waals surface area contributed by atoms with Crippen molar-refractivity contribution in [3.63, 3.8) is 0 Å². The fourth-order valence-electron chi connectivity index (χ4n) is 5.65. The highest BCUT2D eigenvalue weighted by Gasteiger charge is 2.49. The van der Waals surface area contributed by atoms with Crippen LogP contribution in [-0.2, 0) is 0 Å². The molecule has 3 fully saturated rings. The van der Waals surface area contributed by atoms with Crippen LogP contribution < -0.4 is 9.80 Å². The first-order valence-corrected chi connectivity index (χ1v) is 11.1. The normalized spacial score (nSPS) is 25.5. The minimum Gasteiger partial charge on any atom is -0.355 e. The monoisotopic (exact) mass is 401 g/mol. The van der Waals surface area contributed by atoms with Crippen molar-refractivity contribution in [2.45, 2.75) is 30.8 Å². The fraction of sp³-hybridized carbons (Fsp3) is 0.458. The van der Waals surface area contributed by atoms with Crippen LogP contribution in [0.1, 0.15) is 24.5 Å². The van der Waals surface area contributed by atoms with Gasteiger partial charge in [-0.15, -0.1) is 0 Å². The van der Waals surface area contributed by atoms with Gasteiger partial charge in [-0.25, -0.2) is 9.97 Å². The summed E-state index contributed by atoms with van der Waals surface area (Å²) in [5.74, 6) is 2.60. The number of anilines is 2. The van der Waals surface area contributed by atoms with E-state index in [4.69, 9.17) is 15.0 Å². The Kier molecular flexibility index (Phi) is 4.00. The average molecular weight is 402 g/mol. The summed E-state index contributed by atoms with van der Waals surface area (Å²) in [7, 11) is 4.80. The van der Waals surface area contributed by atoms with Crippen molar-refractivity contribution in [3.05, 3.63) is 54.5 Å². The molecular formula is C24H29N6+. The largest absolute Gasteiger partial charge is 0.355 e. The first kappa shape index (κ1) is 18.1. The first-order valence-electron chi connectivity index (χ1n) is 11.1. The summed E-state index contributed by atoms with van der Waals surface area (Å²) < 4.78 is 1.16. The van der Waals surface area contributed by atoms with Gasteiger partial charge in [-0.05, 0) is 18.2 Å². The number of fused-ring (bicyclic) bond motifs is 3. The molecule has 0 amide bonds. The highest BCUT2D eigenvalue weighted by molar-refractivity contribution is 5.80. The van der Waals surface area contributed by atoms with Gasteiger partial charge >= 0.3 is 0 Å². The van der Waals surface area contributed by atoms with Crippen LogP contribution in [0.2, 0.25) is 0 Å². The Labute approximate surface area is 177 Å². The van der Waals surface area contributed by atoms with E-state index in [1.165, 1.54) is 23.9 Å².